The van der Waals surface area contributed by atoms with Gasteiger partial charge in [0.15, 0.2) is 0 Å². The fourth-order valence-electron chi connectivity index (χ4n) is 4.78. The van der Waals surface area contributed by atoms with E-state index in [1.54, 1.807) is 11.8 Å². The number of nitrogens with zero attached hydrogens (tertiary/aromatic N) is 2. The summed E-state index contributed by atoms with van der Waals surface area (Å²) in [6.07, 6.45) is 7.32. The predicted molar refractivity (Wildman–Crippen MR) is 133 cm³/mol. The van der Waals surface area contributed by atoms with Crippen molar-refractivity contribution < 1.29 is 13.2 Å². The number of carbonyl (C=O) groups excluding carboxylic acids is 1. The number of rotatable bonds is 3. The van der Waals surface area contributed by atoms with Gasteiger partial charge in [-0.25, -0.2) is 17.9 Å². The molecular formula is C26H33N3O3S. The van der Waals surface area contributed by atoms with E-state index in [-0.39, 0.29) is 23.9 Å². The molecule has 0 saturated carbocycles. The average Bonchev–Trinajstić information content (AvgIpc) is 3.19. The highest BCUT2D eigenvalue weighted by Gasteiger charge is 2.39. The zero-order valence-electron chi connectivity index (χ0n) is 19.4. The van der Waals surface area contributed by atoms with Crippen LogP contribution in [0.15, 0.2) is 54.6 Å². The highest BCUT2D eigenvalue weighted by Crippen LogP contribution is 2.29. The molecule has 2 aliphatic heterocycles. The van der Waals surface area contributed by atoms with Crippen molar-refractivity contribution in [1.82, 2.24) is 14.5 Å². The van der Waals surface area contributed by atoms with Gasteiger partial charge in [0, 0.05) is 26.2 Å². The van der Waals surface area contributed by atoms with E-state index in [1.807, 2.05) is 18.0 Å². The van der Waals surface area contributed by atoms with Crippen LogP contribution in [-0.2, 0) is 16.4 Å². The lowest BCUT2D eigenvalue weighted by Gasteiger charge is -2.32. The summed E-state index contributed by atoms with van der Waals surface area (Å²) in [5.74, 6) is 0.0311. The Hall–Kier alpha value is -2.64. The molecule has 2 bridgehead atoms. The van der Waals surface area contributed by atoms with Crippen molar-refractivity contribution in [3.63, 3.8) is 0 Å². The van der Waals surface area contributed by atoms with E-state index < -0.39 is 10.0 Å². The first-order valence-corrected chi connectivity index (χ1v) is 13.4. The number of sulfonamides is 1. The van der Waals surface area contributed by atoms with Crippen LogP contribution in [0.3, 0.4) is 0 Å². The molecule has 2 atom stereocenters. The molecule has 0 radical (unpaired) electrons. The van der Waals surface area contributed by atoms with Crippen LogP contribution in [0.2, 0.25) is 0 Å². The van der Waals surface area contributed by atoms with E-state index in [1.165, 1.54) is 11.1 Å². The molecule has 2 aromatic rings. The molecule has 0 aliphatic carbocycles. The predicted octanol–water partition coefficient (Wildman–Crippen LogP) is 4.14. The Bertz CT molecular complexity index is 1130. The van der Waals surface area contributed by atoms with Crippen molar-refractivity contribution in [2.45, 2.75) is 44.7 Å². The molecule has 6 nitrogen and oxygen atoms in total. The van der Waals surface area contributed by atoms with Gasteiger partial charge in [0.1, 0.15) is 0 Å². The van der Waals surface area contributed by atoms with Gasteiger partial charge in [-0.3, -0.25) is 0 Å². The summed E-state index contributed by atoms with van der Waals surface area (Å²) in [6.45, 7) is 2.85. The first-order chi connectivity index (χ1) is 15.9. The molecule has 2 amide bonds. The van der Waals surface area contributed by atoms with Crippen LogP contribution in [0.1, 0.15) is 37.3 Å². The summed E-state index contributed by atoms with van der Waals surface area (Å²) in [5, 5.41) is 0. The Labute approximate surface area is 197 Å². The minimum absolute atomic E-state index is 0.0310. The zero-order chi connectivity index (χ0) is 23.4. The van der Waals surface area contributed by atoms with Crippen LogP contribution in [-0.4, -0.2) is 62.2 Å². The molecule has 2 aliphatic rings. The van der Waals surface area contributed by atoms with Crippen LogP contribution in [0.4, 0.5) is 4.79 Å². The molecule has 2 aromatic carbocycles. The van der Waals surface area contributed by atoms with Crippen molar-refractivity contribution in [2.24, 2.45) is 0 Å². The van der Waals surface area contributed by atoms with E-state index in [0.29, 0.717) is 25.9 Å². The molecule has 33 heavy (non-hydrogen) atoms. The minimum atomic E-state index is -3.37. The molecule has 1 N–H and O–H groups in total. The van der Waals surface area contributed by atoms with Crippen molar-refractivity contribution in [3.8, 4) is 11.1 Å². The Morgan fingerprint density at radius 1 is 1.09 bits per heavy atom. The largest absolute Gasteiger partial charge is 0.328 e. The standard InChI is InChI=1S/C26H33N3O3S/c1-3-33(31,32)27-24-15-17-29-25(24)19-20-10-9-13-22(18-20)23-14-7-6-12-21(23)11-5-4-8-16-28(2)26(29)30/h5-7,9-14,18,24-25,27H,3-4,8,15-17,19H2,1-2H3/b11-5+. The molecule has 7 heteroatoms. The number of allylic oxidation sites excluding steroid dienone is 1. The maximum atomic E-state index is 13.3. The number of fused-ring (bicyclic) bond motifs is 5. The summed E-state index contributed by atoms with van der Waals surface area (Å²) in [7, 11) is -1.54. The maximum absolute atomic E-state index is 13.3. The van der Waals surface area contributed by atoms with Gasteiger partial charge in [0.25, 0.3) is 0 Å². The maximum Gasteiger partial charge on any atom is 0.320 e. The monoisotopic (exact) mass is 467 g/mol. The number of hydrogen-bond donors (Lipinski definition) is 1. The van der Waals surface area contributed by atoms with Crippen LogP contribution in [0.25, 0.3) is 17.2 Å². The van der Waals surface area contributed by atoms with Gasteiger partial charge < -0.3 is 9.80 Å². The topological polar surface area (TPSA) is 69.7 Å². The van der Waals surface area contributed by atoms with Gasteiger partial charge in [0.05, 0.1) is 11.8 Å². The summed E-state index contributed by atoms with van der Waals surface area (Å²) in [4.78, 5) is 16.9. The van der Waals surface area contributed by atoms with E-state index >= 15 is 0 Å². The van der Waals surface area contributed by atoms with Crippen LogP contribution >= 0.6 is 0 Å². The summed E-state index contributed by atoms with van der Waals surface area (Å²) < 4.78 is 27.6. The molecule has 1 fully saturated rings. The molecule has 1 saturated heterocycles. The SMILES string of the molecule is CCS(=O)(=O)NC1CCN2C(=O)N(C)CCC/C=C/c3ccccc3-c3cccc(c3)CC12. The third kappa shape index (κ3) is 5.47. The molecule has 0 aromatic heterocycles. The van der Waals surface area contributed by atoms with Crippen molar-refractivity contribution in [3.05, 3.63) is 65.7 Å². The number of carbonyl (C=O) groups is 1. The number of hydrogen-bond acceptors (Lipinski definition) is 3. The minimum Gasteiger partial charge on any atom is -0.328 e. The smallest absolute Gasteiger partial charge is 0.320 e. The Morgan fingerprint density at radius 3 is 2.73 bits per heavy atom. The van der Waals surface area contributed by atoms with Gasteiger partial charge in [0.2, 0.25) is 10.0 Å². The second-order valence-corrected chi connectivity index (χ2v) is 11.0. The molecular weight excluding hydrogens is 434 g/mol. The van der Waals surface area contributed by atoms with E-state index in [2.05, 4.69) is 59.3 Å². The quantitative estimate of drug-likeness (QED) is 0.738. The third-order valence-corrected chi connectivity index (χ3v) is 8.06. The fraction of sp³-hybridized carbons (Fsp3) is 0.423. The van der Waals surface area contributed by atoms with Crippen molar-refractivity contribution >= 4 is 22.1 Å². The van der Waals surface area contributed by atoms with Gasteiger partial charge in [-0.15, -0.1) is 0 Å². The first kappa shape index (κ1) is 23.5. The average molecular weight is 468 g/mol. The Balaban J connectivity index is 1.73. The van der Waals surface area contributed by atoms with Gasteiger partial charge in [-0.05, 0) is 54.9 Å². The van der Waals surface area contributed by atoms with Crippen molar-refractivity contribution in [1.29, 1.82) is 0 Å². The second-order valence-electron chi connectivity index (χ2n) is 8.92. The summed E-state index contributed by atoms with van der Waals surface area (Å²) in [6, 6.07) is 16.2. The molecule has 2 unspecified atom stereocenters. The van der Waals surface area contributed by atoms with Crippen LogP contribution in [0.5, 0.6) is 0 Å². The molecule has 176 valence electrons. The lowest BCUT2D eigenvalue weighted by atomic mass is 9.94. The zero-order valence-corrected chi connectivity index (χ0v) is 20.2. The fourth-order valence-corrected chi connectivity index (χ4v) is 5.68. The highest BCUT2D eigenvalue weighted by molar-refractivity contribution is 7.89. The number of amides is 2. The highest BCUT2D eigenvalue weighted by atomic mass is 32.2. The van der Waals surface area contributed by atoms with Gasteiger partial charge in [-0.2, -0.15) is 0 Å². The van der Waals surface area contributed by atoms with Gasteiger partial charge in [-0.1, -0.05) is 60.7 Å². The van der Waals surface area contributed by atoms with Crippen LogP contribution < -0.4 is 4.72 Å². The molecule has 2 heterocycles. The normalized spacial score (nSPS) is 22.8. The van der Waals surface area contributed by atoms with E-state index in [4.69, 9.17) is 0 Å². The Kier molecular flexibility index (Phi) is 7.20. The Morgan fingerprint density at radius 2 is 1.91 bits per heavy atom. The summed E-state index contributed by atoms with van der Waals surface area (Å²) in [5.41, 5.74) is 4.56. The summed E-state index contributed by atoms with van der Waals surface area (Å²) >= 11 is 0. The lowest BCUT2D eigenvalue weighted by molar-refractivity contribution is 0.154. The first-order valence-electron chi connectivity index (χ1n) is 11.7. The van der Waals surface area contributed by atoms with E-state index in [0.717, 1.165) is 24.0 Å². The number of benzene rings is 2. The molecule has 4 rings (SSSR count). The third-order valence-electron chi connectivity index (χ3n) is 6.63. The lowest BCUT2D eigenvalue weighted by Crippen LogP contribution is -2.51. The van der Waals surface area contributed by atoms with Crippen molar-refractivity contribution in [2.75, 3.05) is 25.9 Å². The second kappa shape index (κ2) is 10.1. The van der Waals surface area contributed by atoms with Crippen LogP contribution in [0, 0.1) is 0 Å². The number of urea groups is 1. The van der Waals surface area contributed by atoms with E-state index in [9.17, 15) is 13.2 Å². The number of nitrogens with one attached hydrogen (secondary N) is 1. The molecule has 0 spiro atoms. The van der Waals surface area contributed by atoms with Gasteiger partial charge >= 0.3 is 6.03 Å².